The van der Waals surface area contributed by atoms with Gasteiger partial charge >= 0.3 is 0 Å². The molecule has 0 amide bonds. The van der Waals surface area contributed by atoms with Crippen LogP contribution in [0.3, 0.4) is 0 Å². The summed E-state index contributed by atoms with van der Waals surface area (Å²) >= 11 is 3.82. The second kappa shape index (κ2) is 2.74. The SMILES string of the molecule is COc1ccc(S)[n+]([O-])n1. The predicted octanol–water partition coefficient (Wildman–Crippen LogP) is 0.0123. The minimum absolute atomic E-state index is 0.251. The van der Waals surface area contributed by atoms with Gasteiger partial charge in [0.15, 0.2) is 0 Å². The fourth-order valence-corrected chi connectivity index (χ4v) is 0.612. The molecule has 1 aromatic heterocycles. The van der Waals surface area contributed by atoms with Crippen molar-refractivity contribution in [2.45, 2.75) is 5.03 Å². The Morgan fingerprint density at radius 3 is 2.90 bits per heavy atom. The van der Waals surface area contributed by atoms with Crippen LogP contribution in [-0.4, -0.2) is 12.2 Å². The van der Waals surface area contributed by atoms with E-state index in [0.717, 1.165) is 0 Å². The molecule has 0 aliphatic carbocycles. The molecule has 54 valence electrons. The summed E-state index contributed by atoms with van der Waals surface area (Å²) in [6, 6.07) is 3.08. The molecule has 0 saturated carbocycles. The Kier molecular flexibility index (Phi) is 1.96. The zero-order chi connectivity index (χ0) is 7.56. The average Bonchev–Trinajstić information content (AvgIpc) is 1.95. The number of aromatic nitrogens is 2. The lowest BCUT2D eigenvalue weighted by molar-refractivity contribution is -0.706. The smallest absolute Gasteiger partial charge is 0.280 e. The quantitative estimate of drug-likeness (QED) is 0.356. The van der Waals surface area contributed by atoms with Gasteiger partial charge in [-0.25, -0.2) is 0 Å². The molecule has 1 aromatic rings. The van der Waals surface area contributed by atoms with Gasteiger partial charge in [-0.1, -0.05) is 12.6 Å². The molecule has 0 spiro atoms. The second-order valence-corrected chi connectivity index (χ2v) is 2.07. The Morgan fingerprint density at radius 2 is 2.40 bits per heavy atom. The molecule has 0 unspecified atom stereocenters. The number of methoxy groups -OCH3 is 1. The maximum Gasteiger partial charge on any atom is 0.280 e. The fraction of sp³-hybridized carbons (Fsp3) is 0.200. The Labute approximate surface area is 63.4 Å². The van der Waals surface area contributed by atoms with E-state index in [4.69, 9.17) is 0 Å². The lowest BCUT2D eigenvalue weighted by Gasteiger charge is -1.97. The molecule has 1 heterocycles. The fourth-order valence-electron chi connectivity index (χ4n) is 0.493. The van der Waals surface area contributed by atoms with Crippen LogP contribution in [0.4, 0.5) is 0 Å². The van der Waals surface area contributed by atoms with E-state index in [0.29, 0.717) is 4.85 Å². The largest absolute Gasteiger partial charge is 0.593 e. The van der Waals surface area contributed by atoms with Crippen molar-refractivity contribution in [3.8, 4) is 5.88 Å². The topological polar surface area (TPSA) is 49.1 Å². The Balaban J connectivity index is 3.04. The lowest BCUT2D eigenvalue weighted by Crippen LogP contribution is -2.32. The summed E-state index contributed by atoms with van der Waals surface area (Å²) in [4.78, 5) is 0.391. The van der Waals surface area contributed by atoms with Crippen molar-refractivity contribution < 1.29 is 9.58 Å². The van der Waals surface area contributed by atoms with Crippen LogP contribution in [0.15, 0.2) is 17.2 Å². The lowest BCUT2D eigenvalue weighted by atomic mass is 10.6. The molecule has 0 atom stereocenters. The van der Waals surface area contributed by atoms with Gasteiger partial charge in [0.25, 0.3) is 10.9 Å². The monoisotopic (exact) mass is 158 g/mol. The number of nitrogens with zero attached hydrogens (tertiary/aromatic N) is 2. The number of rotatable bonds is 1. The first-order valence-electron chi connectivity index (χ1n) is 2.58. The van der Waals surface area contributed by atoms with Crippen LogP contribution in [-0.2, 0) is 0 Å². The first-order chi connectivity index (χ1) is 4.74. The molecular weight excluding hydrogens is 152 g/mol. The van der Waals surface area contributed by atoms with Crippen molar-refractivity contribution in [2.75, 3.05) is 7.11 Å². The van der Waals surface area contributed by atoms with Gasteiger partial charge < -0.3 is 9.94 Å². The van der Waals surface area contributed by atoms with Gasteiger partial charge in [0.05, 0.1) is 12.2 Å². The Hall–Kier alpha value is -0.970. The third-order valence-electron chi connectivity index (χ3n) is 0.969. The molecule has 0 fully saturated rings. The van der Waals surface area contributed by atoms with Gasteiger partial charge in [0, 0.05) is 12.1 Å². The van der Waals surface area contributed by atoms with Crippen LogP contribution in [0.25, 0.3) is 0 Å². The van der Waals surface area contributed by atoms with Gasteiger partial charge in [0.1, 0.15) is 0 Å². The van der Waals surface area contributed by atoms with Crippen molar-refractivity contribution in [2.24, 2.45) is 0 Å². The molecule has 4 nitrogen and oxygen atoms in total. The Bertz CT molecular complexity index is 241. The number of thiol groups is 1. The van der Waals surface area contributed by atoms with Gasteiger partial charge in [-0.2, -0.15) is 0 Å². The molecule has 1 rings (SSSR count). The van der Waals surface area contributed by atoms with Crippen molar-refractivity contribution >= 4 is 12.6 Å². The van der Waals surface area contributed by atoms with Crippen LogP contribution in [0, 0.1) is 5.21 Å². The van der Waals surface area contributed by atoms with Crippen molar-refractivity contribution in [3.05, 3.63) is 17.3 Å². The summed E-state index contributed by atoms with van der Waals surface area (Å²) in [6.07, 6.45) is 0. The van der Waals surface area contributed by atoms with Crippen molar-refractivity contribution in [3.63, 3.8) is 0 Å². The normalized spacial score (nSPS) is 9.40. The zero-order valence-corrected chi connectivity index (χ0v) is 6.21. The molecule has 0 aromatic carbocycles. The van der Waals surface area contributed by atoms with Crippen LogP contribution in [0.2, 0.25) is 0 Å². The van der Waals surface area contributed by atoms with E-state index < -0.39 is 0 Å². The number of ether oxygens (including phenoxy) is 1. The van der Waals surface area contributed by atoms with E-state index in [9.17, 15) is 5.21 Å². The maximum atomic E-state index is 10.6. The highest BCUT2D eigenvalue weighted by atomic mass is 32.1. The van der Waals surface area contributed by atoms with Gasteiger partial charge in [-0.3, -0.25) is 0 Å². The highest BCUT2D eigenvalue weighted by Crippen LogP contribution is 2.03. The first-order valence-corrected chi connectivity index (χ1v) is 3.02. The van der Waals surface area contributed by atoms with Crippen molar-refractivity contribution in [1.82, 2.24) is 5.10 Å². The third-order valence-corrected chi connectivity index (χ3v) is 1.29. The average molecular weight is 158 g/mol. The number of hydrogen-bond acceptors (Lipinski definition) is 4. The van der Waals surface area contributed by atoms with Crippen LogP contribution >= 0.6 is 12.6 Å². The molecule has 0 N–H and O–H groups in total. The first kappa shape index (κ1) is 7.14. The molecule has 0 bridgehead atoms. The summed E-state index contributed by atoms with van der Waals surface area (Å²) in [7, 11) is 1.44. The van der Waals surface area contributed by atoms with Crippen LogP contribution < -0.4 is 9.58 Å². The van der Waals surface area contributed by atoms with Crippen molar-refractivity contribution in [1.29, 1.82) is 0 Å². The molecule has 5 heteroatoms. The second-order valence-electron chi connectivity index (χ2n) is 1.61. The van der Waals surface area contributed by atoms with Gasteiger partial charge in [-0.15, -0.1) is 0 Å². The summed E-state index contributed by atoms with van der Waals surface area (Å²) in [5, 5.41) is 14.4. The van der Waals surface area contributed by atoms with Crippen LogP contribution in [0.1, 0.15) is 0 Å². The van der Waals surface area contributed by atoms with E-state index in [1.807, 2.05) is 0 Å². The molecule has 0 aliphatic rings. The summed E-state index contributed by atoms with van der Waals surface area (Å²) in [5.41, 5.74) is 0. The van der Waals surface area contributed by atoms with E-state index in [-0.39, 0.29) is 10.9 Å². The molecule has 0 saturated heterocycles. The Morgan fingerprint density at radius 1 is 1.70 bits per heavy atom. The molecular formula is C5H6N2O2S. The zero-order valence-electron chi connectivity index (χ0n) is 5.31. The highest BCUT2D eigenvalue weighted by molar-refractivity contribution is 7.80. The molecule has 10 heavy (non-hydrogen) atoms. The minimum atomic E-state index is 0.251. The summed E-state index contributed by atoms with van der Waals surface area (Å²) in [5.74, 6) is 0.285. The maximum absolute atomic E-state index is 10.6. The van der Waals surface area contributed by atoms with Crippen LogP contribution in [0.5, 0.6) is 5.88 Å². The predicted molar refractivity (Wildman–Crippen MR) is 37.0 cm³/mol. The van der Waals surface area contributed by atoms with E-state index in [1.165, 1.54) is 13.2 Å². The van der Waals surface area contributed by atoms with Gasteiger partial charge in [0.2, 0.25) is 0 Å². The summed E-state index contributed by atoms with van der Waals surface area (Å²) in [6.45, 7) is 0. The molecule has 0 aliphatic heterocycles. The van der Waals surface area contributed by atoms with E-state index in [2.05, 4.69) is 22.5 Å². The molecule has 0 radical (unpaired) electrons. The van der Waals surface area contributed by atoms with E-state index >= 15 is 0 Å². The third kappa shape index (κ3) is 1.30. The van der Waals surface area contributed by atoms with Gasteiger partial charge in [-0.05, 0) is 4.85 Å². The minimum Gasteiger partial charge on any atom is -0.593 e. The standard InChI is InChI=1S/C5H6N2O2S/c1-9-4-2-3-5(10)7(8)6-4/h2-3,10H,1H3. The number of hydrogen-bond donors (Lipinski definition) is 1. The summed E-state index contributed by atoms with van der Waals surface area (Å²) < 4.78 is 4.68. The highest BCUT2D eigenvalue weighted by Gasteiger charge is 2.02. The van der Waals surface area contributed by atoms with E-state index in [1.54, 1.807) is 6.07 Å².